The number of rotatable bonds is 62. The molecule has 0 radical (unpaired) electrons. The minimum Gasteiger partial charge on any atom is -0.466 e. The number of esters is 1. The molecule has 0 rings (SSSR count). The van der Waals surface area contributed by atoms with E-state index in [2.05, 4.69) is 43.5 Å². The molecule has 6 heteroatoms. The summed E-state index contributed by atoms with van der Waals surface area (Å²) in [5, 5.41) is 23.1. The number of carbonyl (C=O) groups excluding carboxylic acids is 2. The third kappa shape index (κ3) is 59.3. The summed E-state index contributed by atoms with van der Waals surface area (Å²) in [7, 11) is 0. The second-order valence-corrected chi connectivity index (χ2v) is 22.8. The highest BCUT2D eigenvalue weighted by Gasteiger charge is 2.18. The molecule has 0 heterocycles. The largest absolute Gasteiger partial charge is 0.466 e. The van der Waals surface area contributed by atoms with E-state index in [1.165, 1.54) is 283 Å². The first-order valence-electron chi connectivity index (χ1n) is 33.3. The van der Waals surface area contributed by atoms with Crippen molar-refractivity contribution in [1.29, 1.82) is 0 Å². The average molecular weight is 1040 g/mol. The van der Waals surface area contributed by atoms with Crippen LogP contribution in [-0.4, -0.2) is 47.4 Å². The molecule has 0 saturated heterocycles. The van der Waals surface area contributed by atoms with Gasteiger partial charge in [0.1, 0.15) is 0 Å². The van der Waals surface area contributed by atoms with Crippen molar-refractivity contribution >= 4 is 11.9 Å². The number of nitrogens with one attached hydrogen (secondary N) is 1. The van der Waals surface area contributed by atoms with Crippen LogP contribution in [0.1, 0.15) is 361 Å². The van der Waals surface area contributed by atoms with Gasteiger partial charge in [-0.2, -0.15) is 0 Å². The quantitative estimate of drug-likeness (QED) is 0.0320. The number of unbranched alkanes of at least 4 members (excludes halogenated alkanes) is 47. The van der Waals surface area contributed by atoms with E-state index in [1.54, 1.807) is 6.08 Å². The van der Waals surface area contributed by atoms with Gasteiger partial charge in [-0.05, 0) is 64.2 Å². The highest BCUT2D eigenvalue weighted by molar-refractivity contribution is 5.76. The molecule has 1 amide bonds. The molecular weight excluding hydrogens is 911 g/mol. The van der Waals surface area contributed by atoms with Gasteiger partial charge < -0.3 is 20.3 Å². The Balaban J connectivity index is 3.34. The molecule has 436 valence electrons. The van der Waals surface area contributed by atoms with Crippen LogP contribution in [0.15, 0.2) is 36.5 Å². The van der Waals surface area contributed by atoms with Crippen molar-refractivity contribution in [3.05, 3.63) is 36.5 Å². The number of carbonyl (C=O) groups is 2. The number of amides is 1. The Kier molecular flexibility index (Phi) is 62.0. The Bertz CT molecular complexity index is 1200. The molecule has 6 nitrogen and oxygen atoms in total. The lowest BCUT2D eigenvalue weighted by atomic mass is 10.0. The summed E-state index contributed by atoms with van der Waals surface area (Å²) in [6.45, 7) is 4.89. The molecule has 0 aliphatic carbocycles. The van der Waals surface area contributed by atoms with Crippen molar-refractivity contribution in [1.82, 2.24) is 5.32 Å². The van der Waals surface area contributed by atoms with Crippen molar-refractivity contribution in [3.8, 4) is 0 Å². The van der Waals surface area contributed by atoms with Crippen LogP contribution in [0.5, 0.6) is 0 Å². The third-order valence-corrected chi connectivity index (χ3v) is 15.4. The molecule has 0 aliphatic rings. The zero-order chi connectivity index (χ0) is 53.6. The molecule has 0 spiro atoms. The van der Waals surface area contributed by atoms with E-state index in [1.807, 2.05) is 6.08 Å². The Hall–Kier alpha value is -1.92. The Labute approximate surface area is 462 Å². The second-order valence-electron chi connectivity index (χ2n) is 22.8. The van der Waals surface area contributed by atoms with Crippen LogP contribution in [0.3, 0.4) is 0 Å². The summed E-state index contributed by atoms with van der Waals surface area (Å²) in [5.41, 5.74) is 0. The second kappa shape index (κ2) is 63.6. The van der Waals surface area contributed by atoms with E-state index in [0.717, 1.165) is 51.4 Å². The minimum absolute atomic E-state index is 0.00518. The monoisotopic (exact) mass is 1040 g/mol. The third-order valence-electron chi connectivity index (χ3n) is 15.4. The summed E-state index contributed by atoms with van der Waals surface area (Å²) >= 11 is 0. The van der Waals surface area contributed by atoms with Crippen LogP contribution in [-0.2, 0) is 14.3 Å². The van der Waals surface area contributed by atoms with Gasteiger partial charge in [0.25, 0.3) is 0 Å². The van der Waals surface area contributed by atoms with Crippen molar-refractivity contribution in [2.75, 3.05) is 13.2 Å². The number of aliphatic hydroxyl groups excluding tert-OH is 2. The van der Waals surface area contributed by atoms with Gasteiger partial charge in [-0.3, -0.25) is 9.59 Å². The maximum absolute atomic E-state index is 12.5. The Morgan fingerprint density at radius 2 is 0.676 bits per heavy atom. The van der Waals surface area contributed by atoms with E-state index < -0.39 is 12.1 Å². The number of ether oxygens (including phenoxy) is 1. The minimum atomic E-state index is -0.841. The Morgan fingerprint density at radius 3 is 1.05 bits per heavy atom. The number of hydrogen-bond acceptors (Lipinski definition) is 5. The van der Waals surface area contributed by atoms with E-state index in [9.17, 15) is 19.8 Å². The summed E-state index contributed by atoms with van der Waals surface area (Å²) in [6.07, 6.45) is 80.7. The normalized spacial score (nSPS) is 12.8. The summed E-state index contributed by atoms with van der Waals surface area (Å²) < 4.78 is 5.48. The van der Waals surface area contributed by atoms with Crippen molar-refractivity contribution < 1.29 is 24.5 Å². The van der Waals surface area contributed by atoms with Crippen LogP contribution < -0.4 is 5.32 Å². The molecule has 0 unspecified atom stereocenters. The van der Waals surface area contributed by atoms with Crippen LogP contribution in [0, 0.1) is 0 Å². The molecule has 3 N–H and O–H groups in total. The predicted molar refractivity (Wildman–Crippen MR) is 324 cm³/mol. The van der Waals surface area contributed by atoms with Gasteiger partial charge in [-0.25, -0.2) is 0 Å². The van der Waals surface area contributed by atoms with Gasteiger partial charge in [0.15, 0.2) is 0 Å². The fraction of sp³-hybridized carbons (Fsp3) is 0.882. The number of aliphatic hydroxyl groups is 2. The molecule has 0 saturated carbocycles. The first kappa shape index (κ1) is 72.1. The number of allylic oxidation sites excluding steroid dienone is 5. The van der Waals surface area contributed by atoms with E-state index in [4.69, 9.17) is 4.74 Å². The van der Waals surface area contributed by atoms with Crippen LogP contribution in [0.2, 0.25) is 0 Å². The maximum Gasteiger partial charge on any atom is 0.305 e. The van der Waals surface area contributed by atoms with Gasteiger partial charge in [0.05, 0.1) is 25.4 Å². The highest BCUT2D eigenvalue weighted by atomic mass is 16.5. The van der Waals surface area contributed by atoms with Gasteiger partial charge in [0.2, 0.25) is 5.91 Å². The van der Waals surface area contributed by atoms with E-state index in [0.29, 0.717) is 19.4 Å². The van der Waals surface area contributed by atoms with Gasteiger partial charge in [-0.15, -0.1) is 0 Å². The zero-order valence-electron chi connectivity index (χ0n) is 49.8. The fourth-order valence-corrected chi connectivity index (χ4v) is 10.3. The highest BCUT2D eigenvalue weighted by Crippen LogP contribution is 2.18. The van der Waals surface area contributed by atoms with Crippen LogP contribution in [0.4, 0.5) is 0 Å². The molecule has 0 bridgehead atoms. The van der Waals surface area contributed by atoms with Gasteiger partial charge in [0, 0.05) is 12.8 Å². The SMILES string of the molecule is CCCCC/C=C\C/C=C\CCCCCCCC(=O)OCCCCCCCCCCCCCCCCCCCCCCCCCCCCCCCC(=O)N[C@@H](CO)[C@H](O)/C=C/CCCCCCCCCCCCC. The molecular formula is C68H129NO5. The molecule has 0 aliphatic heterocycles. The zero-order valence-corrected chi connectivity index (χ0v) is 49.8. The Morgan fingerprint density at radius 1 is 0.378 bits per heavy atom. The molecule has 0 aromatic carbocycles. The predicted octanol–water partition coefficient (Wildman–Crippen LogP) is 21.1. The standard InChI is InChI=1S/C68H129NO5/c1-3-5-7-9-11-13-15-17-33-38-42-46-50-54-58-62-68(73)74-63-59-55-51-47-43-39-35-32-30-28-26-24-22-20-18-19-21-23-25-27-29-31-34-37-41-45-49-53-57-61-67(72)69-65(64-70)66(71)60-56-52-48-44-40-36-16-14-12-10-8-6-4-2/h11,13,17,33,56,60,65-66,70-71H,3-10,12,14-16,18-32,34-55,57-59,61-64H2,1-2H3,(H,69,72)/b13-11-,33-17-,60-56+/t65-,66+/m0/s1. The van der Waals surface area contributed by atoms with Crippen molar-refractivity contribution in [3.63, 3.8) is 0 Å². The molecule has 0 fully saturated rings. The van der Waals surface area contributed by atoms with Crippen LogP contribution >= 0.6 is 0 Å². The van der Waals surface area contributed by atoms with Crippen molar-refractivity contribution in [2.24, 2.45) is 0 Å². The maximum atomic E-state index is 12.5. The van der Waals surface area contributed by atoms with Crippen molar-refractivity contribution in [2.45, 2.75) is 373 Å². The summed E-state index contributed by atoms with van der Waals surface area (Å²) in [4.78, 5) is 24.5. The smallest absolute Gasteiger partial charge is 0.305 e. The van der Waals surface area contributed by atoms with E-state index >= 15 is 0 Å². The van der Waals surface area contributed by atoms with E-state index in [-0.39, 0.29) is 18.5 Å². The lowest BCUT2D eigenvalue weighted by molar-refractivity contribution is -0.143. The summed E-state index contributed by atoms with van der Waals surface area (Å²) in [6, 6.07) is -0.624. The summed E-state index contributed by atoms with van der Waals surface area (Å²) in [5.74, 6) is -0.0584. The van der Waals surface area contributed by atoms with Gasteiger partial charge in [-0.1, -0.05) is 320 Å². The van der Waals surface area contributed by atoms with Gasteiger partial charge >= 0.3 is 5.97 Å². The average Bonchev–Trinajstić information content (AvgIpc) is 3.40. The first-order chi connectivity index (χ1) is 36.5. The first-order valence-corrected chi connectivity index (χ1v) is 33.3. The topological polar surface area (TPSA) is 95.9 Å². The molecule has 74 heavy (non-hydrogen) atoms. The molecule has 0 aromatic rings. The molecule has 2 atom stereocenters. The molecule has 0 aromatic heterocycles. The lowest BCUT2D eigenvalue weighted by Crippen LogP contribution is -2.45. The number of hydrogen-bond donors (Lipinski definition) is 3. The van der Waals surface area contributed by atoms with Crippen LogP contribution in [0.25, 0.3) is 0 Å². The fourth-order valence-electron chi connectivity index (χ4n) is 10.3. The lowest BCUT2D eigenvalue weighted by Gasteiger charge is -2.20.